The van der Waals surface area contributed by atoms with Gasteiger partial charge in [0.1, 0.15) is 5.75 Å². The number of hydrogen-bond acceptors (Lipinski definition) is 5. The topological polar surface area (TPSA) is 67.4 Å². The average molecular weight is 391 g/mol. The van der Waals surface area contributed by atoms with Gasteiger partial charge in [0.15, 0.2) is 5.69 Å². The van der Waals surface area contributed by atoms with Crippen LogP contribution in [0.1, 0.15) is 56.7 Å². The lowest BCUT2D eigenvalue weighted by atomic mass is 10.1. The maximum atomic E-state index is 12.7. The number of anilines is 1. The van der Waals surface area contributed by atoms with Crippen LogP contribution in [0.15, 0.2) is 30.5 Å². The molecule has 146 valence electrons. The highest BCUT2D eigenvalue weighted by molar-refractivity contribution is 6.33. The summed E-state index contributed by atoms with van der Waals surface area (Å²) >= 11 is 6.16. The Kier molecular flexibility index (Phi) is 7.42. The predicted octanol–water partition coefficient (Wildman–Crippen LogP) is 4.25. The van der Waals surface area contributed by atoms with Gasteiger partial charge in [-0.2, -0.15) is 0 Å². The van der Waals surface area contributed by atoms with Crippen molar-refractivity contribution >= 4 is 23.5 Å². The van der Waals surface area contributed by atoms with E-state index in [4.69, 9.17) is 16.3 Å². The molecule has 6 nitrogen and oxygen atoms in total. The fourth-order valence-electron chi connectivity index (χ4n) is 2.63. The van der Waals surface area contributed by atoms with E-state index in [0.717, 1.165) is 24.4 Å². The normalized spacial score (nSPS) is 12.0. The lowest BCUT2D eigenvalue weighted by molar-refractivity contribution is 0.0935. The molecule has 1 N–H and O–H groups in total. The number of halogens is 1. The van der Waals surface area contributed by atoms with Crippen molar-refractivity contribution in [3.05, 3.63) is 46.7 Å². The van der Waals surface area contributed by atoms with Crippen LogP contribution in [0.4, 0.5) is 5.95 Å². The fraction of sp³-hybridized carbons (Fsp3) is 0.450. The van der Waals surface area contributed by atoms with Crippen molar-refractivity contribution in [1.82, 2.24) is 15.3 Å². The van der Waals surface area contributed by atoms with Crippen molar-refractivity contribution in [3.8, 4) is 5.75 Å². The summed E-state index contributed by atoms with van der Waals surface area (Å²) in [5.41, 5.74) is 1.15. The van der Waals surface area contributed by atoms with Crippen LogP contribution in [0.25, 0.3) is 0 Å². The van der Waals surface area contributed by atoms with Gasteiger partial charge in [0, 0.05) is 13.1 Å². The summed E-state index contributed by atoms with van der Waals surface area (Å²) in [4.78, 5) is 23.2. The Hall–Kier alpha value is -2.34. The van der Waals surface area contributed by atoms with Gasteiger partial charge in [0.05, 0.1) is 23.4 Å². The molecule has 0 aliphatic carbocycles. The summed E-state index contributed by atoms with van der Waals surface area (Å²) in [6.45, 7) is 11.4. The quantitative estimate of drug-likeness (QED) is 0.729. The highest BCUT2D eigenvalue weighted by Gasteiger charge is 2.18. The van der Waals surface area contributed by atoms with Crippen molar-refractivity contribution in [1.29, 1.82) is 0 Å². The number of nitrogens with one attached hydrogen (secondary N) is 1. The molecule has 1 heterocycles. The molecule has 0 aliphatic rings. The lowest BCUT2D eigenvalue weighted by Crippen LogP contribution is -2.30. The molecule has 0 saturated carbocycles. The Bertz CT molecular complexity index is 761. The first-order chi connectivity index (χ1) is 12.8. The second-order valence-electron chi connectivity index (χ2n) is 6.47. The Morgan fingerprint density at radius 2 is 1.81 bits per heavy atom. The summed E-state index contributed by atoms with van der Waals surface area (Å²) in [7, 11) is 0. The van der Waals surface area contributed by atoms with Crippen molar-refractivity contribution < 1.29 is 9.53 Å². The third-order valence-corrected chi connectivity index (χ3v) is 4.37. The van der Waals surface area contributed by atoms with Crippen LogP contribution in [-0.4, -0.2) is 35.1 Å². The molecule has 2 aromatic rings. The molecule has 1 aromatic carbocycles. The highest BCUT2D eigenvalue weighted by Crippen LogP contribution is 2.21. The Morgan fingerprint density at radius 3 is 2.37 bits per heavy atom. The molecule has 1 amide bonds. The molecular formula is C20H27ClN4O2. The summed E-state index contributed by atoms with van der Waals surface area (Å²) in [6, 6.07) is 7.47. The predicted molar refractivity (Wildman–Crippen MR) is 109 cm³/mol. The fourth-order valence-corrected chi connectivity index (χ4v) is 2.81. The number of hydrogen-bond donors (Lipinski definition) is 1. The Morgan fingerprint density at radius 1 is 1.19 bits per heavy atom. The van der Waals surface area contributed by atoms with E-state index in [0.29, 0.717) is 5.95 Å². The highest BCUT2D eigenvalue weighted by atomic mass is 35.5. The molecule has 0 fully saturated rings. The second kappa shape index (κ2) is 9.55. The molecule has 7 heteroatoms. The van der Waals surface area contributed by atoms with Gasteiger partial charge in [-0.1, -0.05) is 23.7 Å². The SMILES string of the molecule is CCN(CC)c1ncc(Cl)c(C(=O)NC(C)c2ccc(OC(C)C)cc2)n1. The van der Waals surface area contributed by atoms with Gasteiger partial charge in [0.2, 0.25) is 5.95 Å². The zero-order valence-electron chi connectivity index (χ0n) is 16.5. The molecule has 0 saturated heterocycles. The van der Waals surface area contributed by atoms with E-state index in [9.17, 15) is 4.79 Å². The number of carbonyl (C=O) groups is 1. The summed E-state index contributed by atoms with van der Waals surface area (Å²) in [6.07, 6.45) is 1.59. The summed E-state index contributed by atoms with van der Waals surface area (Å²) in [5, 5.41) is 3.18. The monoisotopic (exact) mass is 390 g/mol. The average Bonchev–Trinajstić information content (AvgIpc) is 2.64. The maximum absolute atomic E-state index is 12.7. The smallest absolute Gasteiger partial charge is 0.272 e. The number of nitrogens with zero attached hydrogens (tertiary/aromatic N) is 3. The van der Waals surface area contributed by atoms with E-state index in [1.54, 1.807) is 0 Å². The Labute approximate surface area is 165 Å². The van der Waals surface area contributed by atoms with Gasteiger partial charge in [-0.05, 0) is 52.3 Å². The molecular weight excluding hydrogens is 364 g/mol. The third kappa shape index (κ3) is 5.57. The number of rotatable bonds is 8. The van der Waals surface area contributed by atoms with Crippen LogP contribution in [0.2, 0.25) is 5.02 Å². The third-order valence-electron chi connectivity index (χ3n) is 4.09. The first-order valence-electron chi connectivity index (χ1n) is 9.20. The van der Waals surface area contributed by atoms with Crippen LogP contribution < -0.4 is 15.0 Å². The van der Waals surface area contributed by atoms with Crippen LogP contribution in [0.3, 0.4) is 0 Å². The molecule has 2 rings (SSSR count). The standard InChI is InChI=1S/C20H27ClN4O2/c1-6-25(7-2)20-22-12-17(21)18(24-20)19(26)23-14(5)15-8-10-16(11-9-15)27-13(3)4/h8-14H,6-7H2,1-5H3,(H,23,26). The number of carbonyl (C=O) groups excluding carboxylic acids is 1. The number of aromatic nitrogens is 2. The number of benzene rings is 1. The van der Waals surface area contributed by atoms with Gasteiger partial charge < -0.3 is 15.0 Å². The maximum Gasteiger partial charge on any atom is 0.272 e. The van der Waals surface area contributed by atoms with Gasteiger partial charge >= 0.3 is 0 Å². The van der Waals surface area contributed by atoms with E-state index < -0.39 is 0 Å². The van der Waals surface area contributed by atoms with Crippen LogP contribution in [0.5, 0.6) is 5.75 Å². The van der Waals surface area contributed by atoms with Crippen molar-refractivity contribution in [2.24, 2.45) is 0 Å². The largest absolute Gasteiger partial charge is 0.491 e. The van der Waals surface area contributed by atoms with Crippen molar-refractivity contribution in [3.63, 3.8) is 0 Å². The second-order valence-corrected chi connectivity index (χ2v) is 6.88. The van der Waals surface area contributed by atoms with E-state index in [2.05, 4.69) is 15.3 Å². The zero-order valence-corrected chi connectivity index (χ0v) is 17.2. The summed E-state index contributed by atoms with van der Waals surface area (Å²) < 4.78 is 5.65. The molecule has 0 spiro atoms. The zero-order chi connectivity index (χ0) is 20.0. The van der Waals surface area contributed by atoms with Crippen LogP contribution in [-0.2, 0) is 0 Å². The lowest BCUT2D eigenvalue weighted by Gasteiger charge is -2.20. The molecule has 27 heavy (non-hydrogen) atoms. The van der Waals surface area contributed by atoms with Crippen molar-refractivity contribution in [2.75, 3.05) is 18.0 Å². The first-order valence-corrected chi connectivity index (χ1v) is 9.58. The van der Waals surface area contributed by atoms with Crippen molar-refractivity contribution in [2.45, 2.75) is 46.8 Å². The number of ether oxygens (including phenoxy) is 1. The molecule has 0 bridgehead atoms. The van der Waals surface area contributed by atoms with Gasteiger partial charge in [0.25, 0.3) is 5.91 Å². The minimum absolute atomic E-state index is 0.118. The number of amides is 1. The van der Waals surface area contributed by atoms with Crippen LogP contribution in [0, 0.1) is 0 Å². The molecule has 0 aliphatic heterocycles. The van der Waals surface area contributed by atoms with Gasteiger partial charge in [-0.25, -0.2) is 9.97 Å². The summed E-state index contributed by atoms with van der Waals surface area (Å²) in [5.74, 6) is 0.971. The minimum atomic E-state index is -0.328. The first kappa shape index (κ1) is 21.0. The molecule has 0 radical (unpaired) electrons. The van der Waals surface area contributed by atoms with E-state index in [-0.39, 0.29) is 28.8 Å². The van der Waals surface area contributed by atoms with E-state index >= 15 is 0 Å². The Balaban J connectivity index is 2.13. The molecule has 1 atom stereocenters. The molecule has 1 aromatic heterocycles. The minimum Gasteiger partial charge on any atom is -0.491 e. The van der Waals surface area contributed by atoms with Gasteiger partial charge in [-0.3, -0.25) is 4.79 Å². The van der Waals surface area contributed by atoms with Crippen LogP contribution >= 0.6 is 11.6 Å². The van der Waals surface area contributed by atoms with E-state index in [1.165, 1.54) is 6.20 Å². The van der Waals surface area contributed by atoms with E-state index in [1.807, 2.05) is 63.8 Å². The van der Waals surface area contributed by atoms with Gasteiger partial charge in [-0.15, -0.1) is 0 Å². The molecule has 1 unspecified atom stereocenters.